The van der Waals surface area contributed by atoms with Gasteiger partial charge in [-0.05, 0) is 49.4 Å². The van der Waals surface area contributed by atoms with Gasteiger partial charge in [0.15, 0.2) is 0 Å². The Kier molecular flexibility index (Phi) is 3.60. The zero-order valence-electron chi connectivity index (χ0n) is 11.2. The lowest BCUT2D eigenvalue weighted by molar-refractivity contribution is 0.321. The van der Waals surface area contributed by atoms with E-state index in [2.05, 4.69) is 37.9 Å². The van der Waals surface area contributed by atoms with Crippen LogP contribution in [0.2, 0.25) is 0 Å². The molecule has 0 heterocycles. The van der Waals surface area contributed by atoms with Crippen molar-refractivity contribution < 1.29 is 0 Å². The summed E-state index contributed by atoms with van der Waals surface area (Å²) in [4.78, 5) is 2.46. The van der Waals surface area contributed by atoms with Crippen LogP contribution in [0.25, 0.3) is 0 Å². The maximum atomic E-state index is 5.81. The number of nitrogens with two attached hydrogens (primary N) is 1. The Morgan fingerprint density at radius 1 is 1.24 bits per heavy atom. The first-order valence-electron chi connectivity index (χ1n) is 6.68. The molecule has 1 aliphatic carbocycles. The number of hydrogen-bond acceptors (Lipinski definition) is 2. The molecule has 94 valence electrons. The van der Waals surface area contributed by atoms with Crippen LogP contribution in [-0.2, 0) is 0 Å². The van der Waals surface area contributed by atoms with Crippen molar-refractivity contribution in [1.29, 1.82) is 0 Å². The van der Waals surface area contributed by atoms with Crippen LogP contribution in [0.15, 0.2) is 18.2 Å². The molecule has 2 nitrogen and oxygen atoms in total. The minimum absolute atomic E-state index is 0.686. The standard InChI is InChI=1S/C15H24N2/c1-11-6-4-5-7-14(11)17(3)15-9-8-13(16)10-12(15)2/h8-11,14H,4-7,16H2,1-3H3. The summed E-state index contributed by atoms with van der Waals surface area (Å²) in [5.74, 6) is 0.797. The fraction of sp³-hybridized carbons (Fsp3) is 0.600. The Labute approximate surface area is 105 Å². The van der Waals surface area contributed by atoms with Crippen molar-refractivity contribution in [3.8, 4) is 0 Å². The summed E-state index contributed by atoms with van der Waals surface area (Å²) in [6.45, 7) is 4.53. The van der Waals surface area contributed by atoms with Crippen LogP contribution in [0.4, 0.5) is 11.4 Å². The van der Waals surface area contributed by atoms with Crippen molar-refractivity contribution in [3.05, 3.63) is 23.8 Å². The Morgan fingerprint density at radius 2 is 1.94 bits per heavy atom. The van der Waals surface area contributed by atoms with Crippen LogP contribution in [0.5, 0.6) is 0 Å². The molecule has 17 heavy (non-hydrogen) atoms. The fourth-order valence-electron chi connectivity index (χ4n) is 3.13. The first-order chi connectivity index (χ1) is 8.09. The summed E-state index contributed by atoms with van der Waals surface area (Å²) >= 11 is 0. The molecule has 2 heteroatoms. The second kappa shape index (κ2) is 4.99. The molecule has 0 saturated heterocycles. The number of hydrogen-bond donors (Lipinski definition) is 1. The van der Waals surface area contributed by atoms with Gasteiger partial charge >= 0.3 is 0 Å². The van der Waals surface area contributed by atoms with Gasteiger partial charge < -0.3 is 10.6 Å². The highest BCUT2D eigenvalue weighted by atomic mass is 15.1. The van der Waals surface area contributed by atoms with E-state index < -0.39 is 0 Å². The molecule has 0 radical (unpaired) electrons. The highest BCUT2D eigenvalue weighted by Gasteiger charge is 2.25. The number of nitrogen functional groups attached to an aromatic ring is 1. The summed E-state index contributed by atoms with van der Waals surface area (Å²) in [7, 11) is 2.23. The molecule has 1 aromatic carbocycles. The van der Waals surface area contributed by atoms with Crippen LogP contribution in [-0.4, -0.2) is 13.1 Å². The summed E-state index contributed by atoms with van der Waals surface area (Å²) in [5.41, 5.74) is 9.29. The van der Waals surface area contributed by atoms with E-state index in [9.17, 15) is 0 Å². The molecule has 2 unspecified atom stereocenters. The van der Waals surface area contributed by atoms with Crippen LogP contribution in [0, 0.1) is 12.8 Å². The van der Waals surface area contributed by atoms with Gasteiger partial charge in [0.1, 0.15) is 0 Å². The molecule has 0 amide bonds. The quantitative estimate of drug-likeness (QED) is 0.790. The van der Waals surface area contributed by atoms with Crippen LogP contribution < -0.4 is 10.6 Å². The van der Waals surface area contributed by atoms with Crippen LogP contribution in [0.1, 0.15) is 38.2 Å². The predicted molar refractivity (Wildman–Crippen MR) is 75.4 cm³/mol. The normalized spacial score (nSPS) is 24.6. The van der Waals surface area contributed by atoms with Crippen molar-refractivity contribution in [2.24, 2.45) is 5.92 Å². The third kappa shape index (κ3) is 2.56. The van der Waals surface area contributed by atoms with E-state index in [-0.39, 0.29) is 0 Å². The van der Waals surface area contributed by atoms with Gasteiger partial charge in [-0.2, -0.15) is 0 Å². The minimum atomic E-state index is 0.686. The molecule has 1 fully saturated rings. The number of anilines is 2. The number of benzene rings is 1. The Bertz CT molecular complexity index is 387. The van der Waals surface area contributed by atoms with Crippen molar-refractivity contribution in [1.82, 2.24) is 0 Å². The van der Waals surface area contributed by atoms with Gasteiger partial charge in [0, 0.05) is 24.5 Å². The monoisotopic (exact) mass is 232 g/mol. The smallest absolute Gasteiger partial charge is 0.0397 e. The zero-order chi connectivity index (χ0) is 12.4. The van der Waals surface area contributed by atoms with Crippen molar-refractivity contribution in [2.45, 2.75) is 45.6 Å². The first kappa shape index (κ1) is 12.3. The molecule has 2 rings (SSSR count). The van der Waals surface area contributed by atoms with Crippen molar-refractivity contribution in [2.75, 3.05) is 17.7 Å². The lowest BCUT2D eigenvalue weighted by Gasteiger charge is -2.38. The molecule has 2 atom stereocenters. The van der Waals surface area contributed by atoms with E-state index in [0.29, 0.717) is 6.04 Å². The topological polar surface area (TPSA) is 29.3 Å². The maximum Gasteiger partial charge on any atom is 0.0397 e. The van der Waals surface area contributed by atoms with Gasteiger partial charge in [0.25, 0.3) is 0 Å². The third-order valence-corrected chi connectivity index (χ3v) is 4.16. The first-order valence-corrected chi connectivity index (χ1v) is 6.68. The van der Waals surface area contributed by atoms with Gasteiger partial charge in [0.05, 0.1) is 0 Å². The Balaban J connectivity index is 2.20. The molecule has 1 aliphatic rings. The summed E-state index contributed by atoms with van der Waals surface area (Å²) in [6.07, 6.45) is 5.45. The van der Waals surface area contributed by atoms with Gasteiger partial charge in [-0.15, -0.1) is 0 Å². The second-order valence-electron chi connectivity index (χ2n) is 5.49. The fourth-order valence-corrected chi connectivity index (χ4v) is 3.13. The van der Waals surface area contributed by atoms with E-state index in [0.717, 1.165) is 11.6 Å². The van der Waals surface area contributed by atoms with Crippen molar-refractivity contribution in [3.63, 3.8) is 0 Å². The highest BCUT2D eigenvalue weighted by molar-refractivity contribution is 5.59. The third-order valence-electron chi connectivity index (χ3n) is 4.16. The molecule has 1 saturated carbocycles. The molecule has 2 N–H and O–H groups in total. The van der Waals surface area contributed by atoms with E-state index in [4.69, 9.17) is 5.73 Å². The molecular formula is C15H24N2. The van der Waals surface area contributed by atoms with E-state index in [1.54, 1.807) is 0 Å². The SMILES string of the molecule is Cc1cc(N)ccc1N(C)C1CCCCC1C. The molecule has 0 bridgehead atoms. The highest BCUT2D eigenvalue weighted by Crippen LogP contribution is 2.32. The number of nitrogens with zero attached hydrogens (tertiary/aromatic N) is 1. The van der Waals surface area contributed by atoms with Gasteiger partial charge in [-0.3, -0.25) is 0 Å². The summed E-state index contributed by atoms with van der Waals surface area (Å²) < 4.78 is 0. The second-order valence-corrected chi connectivity index (χ2v) is 5.49. The maximum absolute atomic E-state index is 5.81. The summed E-state index contributed by atoms with van der Waals surface area (Å²) in [6, 6.07) is 6.92. The molecule has 0 aromatic heterocycles. The lowest BCUT2D eigenvalue weighted by Crippen LogP contribution is -2.39. The van der Waals surface area contributed by atoms with Gasteiger partial charge in [0.2, 0.25) is 0 Å². The van der Waals surface area contributed by atoms with E-state index in [1.807, 2.05) is 6.07 Å². The van der Waals surface area contributed by atoms with E-state index >= 15 is 0 Å². The largest absolute Gasteiger partial charge is 0.399 e. The molecule has 0 aliphatic heterocycles. The predicted octanol–water partition coefficient (Wildman–Crippen LogP) is 3.59. The average Bonchev–Trinajstić information content (AvgIpc) is 2.29. The Morgan fingerprint density at radius 3 is 2.59 bits per heavy atom. The lowest BCUT2D eigenvalue weighted by atomic mass is 9.84. The molecule has 1 aromatic rings. The van der Waals surface area contributed by atoms with Crippen LogP contribution in [0.3, 0.4) is 0 Å². The molecule has 0 spiro atoms. The van der Waals surface area contributed by atoms with Crippen LogP contribution >= 0.6 is 0 Å². The van der Waals surface area contributed by atoms with E-state index in [1.165, 1.54) is 36.9 Å². The average molecular weight is 232 g/mol. The molecular weight excluding hydrogens is 208 g/mol. The number of rotatable bonds is 2. The number of aryl methyl sites for hydroxylation is 1. The van der Waals surface area contributed by atoms with Gasteiger partial charge in [-0.25, -0.2) is 0 Å². The minimum Gasteiger partial charge on any atom is -0.399 e. The van der Waals surface area contributed by atoms with Crippen molar-refractivity contribution >= 4 is 11.4 Å². The Hall–Kier alpha value is -1.18. The summed E-state index contributed by atoms with van der Waals surface area (Å²) in [5, 5.41) is 0. The zero-order valence-corrected chi connectivity index (χ0v) is 11.2. The van der Waals surface area contributed by atoms with Gasteiger partial charge in [-0.1, -0.05) is 19.8 Å².